The van der Waals surface area contributed by atoms with Gasteiger partial charge in [0, 0.05) is 23.1 Å². The van der Waals surface area contributed by atoms with Gasteiger partial charge in [0.2, 0.25) is 10.0 Å². The Morgan fingerprint density at radius 3 is 2.41 bits per heavy atom. The summed E-state index contributed by atoms with van der Waals surface area (Å²) in [7, 11) is -3.61. The summed E-state index contributed by atoms with van der Waals surface area (Å²) >= 11 is 3.43. The number of sulfonamides is 1. The van der Waals surface area contributed by atoms with Crippen LogP contribution in [0.5, 0.6) is 0 Å². The normalized spacial score (nSPS) is 12.8. The first-order valence-electron chi connectivity index (χ1n) is 8.87. The molecule has 1 unspecified atom stereocenters. The van der Waals surface area contributed by atoms with Crippen LogP contribution in [-0.4, -0.2) is 31.7 Å². The van der Waals surface area contributed by atoms with Crippen molar-refractivity contribution in [2.75, 3.05) is 13.1 Å². The topological polar surface area (TPSA) is 66.5 Å². The van der Waals surface area contributed by atoms with E-state index in [-0.39, 0.29) is 16.8 Å². The first-order chi connectivity index (χ1) is 12.7. The van der Waals surface area contributed by atoms with Crippen molar-refractivity contribution in [1.82, 2.24) is 9.62 Å². The van der Waals surface area contributed by atoms with Crippen LogP contribution in [0.1, 0.15) is 48.3 Å². The van der Waals surface area contributed by atoms with Crippen molar-refractivity contribution in [3.8, 4) is 0 Å². The van der Waals surface area contributed by atoms with E-state index in [0.29, 0.717) is 18.7 Å². The van der Waals surface area contributed by atoms with Gasteiger partial charge < -0.3 is 5.32 Å². The van der Waals surface area contributed by atoms with E-state index in [2.05, 4.69) is 21.2 Å². The number of hydrogen-bond donors (Lipinski definition) is 1. The molecule has 0 fully saturated rings. The molecule has 27 heavy (non-hydrogen) atoms. The molecule has 0 spiro atoms. The van der Waals surface area contributed by atoms with Crippen LogP contribution < -0.4 is 5.32 Å². The van der Waals surface area contributed by atoms with Crippen LogP contribution in [0.15, 0.2) is 51.8 Å². The molecule has 0 bridgehead atoms. The zero-order valence-electron chi connectivity index (χ0n) is 16.0. The van der Waals surface area contributed by atoms with Crippen molar-refractivity contribution in [3.63, 3.8) is 0 Å². The summed E-state index contributed by atoms with van der Waals surface area (Å²) < 4.78 is 27.8. The van der Waals surface area contributed by atoms with Gasteiger partial charge in [0.15, 0.2) is 0 Å². The maximum atomic E-state index is 12.8. The maximum Gasteiger partial charge on any atom is 0.252 e. The summed E-state index contributed by atoms with van der Waals surface area (Å²) in [5, 5.41) is 2.95. The molecule has 1 N–H and O–H groups in total. The summed E-state index contributed by atoms with van der Waals surface area (Å²) in [6, 6.07) is 12.2. The summed E-state index contributed by atoms with van der Waals surface area (Å²) in [6.07, 6.45) is 0. The van der Waals surface area contributed by atoms with Crippen molar-refractivity contribution < 1.29 is 13.2 Å². The average Bonchev–Trinajstić information content (AvgIpc) is 2.62. The molecule has 2 aromatic carbocycles. The van der Waals surface area contributed by atoms with E-state index in [9.17, 15) is 13.2 Å². The highest BCUT2D eigenvalue weighted by atomic mass is 79.9. The fraction of sp³-hybridized carbons (Fsp3) is 0.350. The van der Waals surface area contributed by atoms with Gasteiger partial charge >= 0.3 is 0 Å². The van der Waals surface area contributed by atoms with Gasteiger partial charge in [0.1, 0.15) is 0 Å². The van der Waals surface area contributed by atoms with Gasteiger partial charge in [-0.25, -0.2) is 8.42 Å². The van der Waals surface area contributed by atoms with E-state index in [1.54, 1.807) is 32.9 Å². The zero-order chi connectivity index (χ0) is 20.2. The number of halogens is 1. The van der Waals surface area contributed by atoms with E-state index in [0.717, 1.165) is 15.6 Å². The van der Waals surface area contributed by atoms with Crippen LogP contribution in [0.3, 0.4) is 0 Å². The van der Waals surface area contributed by atoms with Gasteiger partial charge in [-0.2, -0.15) is 4.31 Å². The fourth-order valence-electron chi connectivity index (χ4n) is 2.85. The first kappa shape index (κ1) is 21.6. The zero-order valence-corrected chi connectivity index (χ0v) is 18.4. The molecule has 0 radical (unpaired) electrons. The van der Waals surface area contributed by atoms with Crippen molar-refractivity contribution in [1.29, 1.82) is 0 Å². The minimum Gasteiger partial charge on any atom is -0.346 e. The number of nitrogens with one attached hydrogen (secondary N) is 1. The molecule has 0 aliphatic carbocycles. The Hall–Kier alpha value is -1.70. The maximum absolute atomic E-state index is 12.8. The second-order valence-corrected chi connectivity index (χ2v) is 9.17. The van der Waals surface area contributed by atoms with Crippen LogP contribution >= 0.6 is 15.9 Å². The highest BCUT2D eigenvalue weighted by Crippen LogP contribution is 2.22. The van der Waals surface area contributed by atoms with Crippen LogP contribution in [0.2, 0.25) is 0 Å². The Morgan fingerprint density at radius 1 is 1.15 bits per heavy atom. The van der Waals surface area contributed by atoms with E-state index < -0.39 is 10.0 Å². The van der Waals surface area contributed by atoms with Gasteiger partial charge in [-0.1, -0.05) is 48.0 Å². The van der Waals surface area contributed by atoms with Crippen molar-refractivity contribution in [2.24, 2.45) is 0 Å². The van der Waals surface area contributed by atoms with E-state index in [1.165, 1.54) is 10.4 Å². The Bertz CT molecular complexity index is 925. The number of benzene rings is 2. The average molecular weight is 453 g/mol. The number of amides is 1. The molecule has 0 heterocycles. The first-order valence-corrected chi connectivity index (χ1v) is 11.1. The van der Waals surface area contributed by atoms with Crippen molar-refractivity contribution >= 4 is 31.9 Å². The number of carbonyl (C=O) groups is 1. The van der Waals surface area contributed by atoms with Crippen molar-refractivity contribution in [3.05, 3.63) is 63.6 Å². The minimum atomic E-state index is -3.61. The number of nitrogens with zero attached hydrogens (tertiary/aromatic N) is 1. The molecule has 0 saturated heterocycles. The summed E-state index contributed by atoms with van der Waals surface area (Å²) in [6.45, 7) is 8.05. The molecular weight excluding hydrogens is 428 g/mol. The van der Waals surface area contributed by atoms with Gasteiger partial charge in [0.25, 0.3) is 5.91 Å². The molecule has 1 amide bonds. The second-order valence-electron chi connectivity index (χ2n) is 6.32. The summed E-state index contributed by atoms with van der Waals surface area (Å²) in [4.78, 5) is 12.9. The van der Waals surface area contributed by atoms with Crippen LogP contribution in [0, 0.1) is 6.92 Å². The molecule has 0 aliphatic rings. The van der Waals surface area contributed by atoms with Gasteiger partial charge in [-0.3, -0.25) is 4.79 Å². The molecule has 7 heteroatoms. The molecule has 5 nitrogen and oxygen atoms in total. The molecule has 0 aromatic heterocycles. The molecule has 0 aliphatic heterocycles. The lowest BCUT2D eigenvalue weighted by molar-refractivity contribution is 0.0939. The van der Waals surface area contributed by atoms with E-state index in [1.807, 2.05) is 31.2 Å². The largest absolute Gasteiger partial charge is 0.346 e. The number of carbonyl (C=O) groups excluding carboxylic acids is 1. The number of rotatable bonds is 7. The second kappa shape index (κ2) is 8.99. The Kier molecular flexibility index (Phi) is 7.19. The SMILES string of the molecule is CCN(CC)S(=O)(=O)c1ccc(C)c(C(=O)NC(C)c2cccc(Br)c2)c1. The third kappa shape index (κ3) is 4.97. The van der Waals surface area contributed by atoms with E-state index >= 15 is 0 Å². The number of hydrogen-bond acceptors (Lipinski definition) is 3. The lowest BCUT2D eigenvalue weighted by atomic mass is 10.1. The predicted octanol–water partition coefficient (Wildman–Crippen LogP) is 4.28. The quantitative estimate of drug-likeness (QED) is 0.681. The molecule has 2 rings (SSSR count). The molecule has 146 valence electrons. The highest BCUT2D eigenvalue weighted by Gasteiger charge is 2.24. The predicted molar refractivity (Wildman–Crippen MR) is 111 cm³/mol. The smallest absolute Gasteiger partial charge is 0.252 e. The third-order valence-corrected chi connectivity index (χ3v) is 7.03. The highest BCUT2D eigenvalue weighted by molar-refractivity contribution is 9.10. The Balaban J connectivity index is 2.31. The summed E-state index contributed by atoms with van der Waals surface area (Å²) in [5.41, 5.74) is 2.06. The summed E-state index contributed by atoms with van der Waals surface area (Å²) in [5.74, 6) is -0.295. The van der Waals surface area contributed by atoms with Crippen molar-refractivity contribution in [2.45, 2.75) is 38.6 Å². The van der Waals surface area contributed by atoms with Gasteiger partial charge in [-0.15, -0.1) is 0 Å². The van der Waals surface area contributed by atoms with Crippen LogP contribution in [-0.2, 0) is 10.0 Å². The molecule has 2 aromatic rings. The fourth-order valence-corrected chi connectivity index (χ4v) is 4.75. The van der Waals surface area contributed by atoms with Crippen LogP contribution in [0.25, 0.3) is 0 Å². The third-order valence-electron chi connectivity index (χ3n) is 4.49. The monoisotopic (exact) mass is 452 g/mol. The molecule has 1 atom stereocenters. The van der Waals surface area contributed by atoms with Gasteiger partial charge in [0.05, 0.1) is 10.9 Å². The Morgan fingerprint density at radius 2 is 1.81 bits per heavy atom. The lowest BCUT2D eigenvalue weighted by Gasteiger charge is -2.20. The standard InChI is InChI=1S/C20H25BrN2O3S/c1-5-23(6-2)27(25,26)18-11-10-14(3)19(13-18)20(24)22-15(4)16-8-7-9-17(21)12-16/h7-13,15H,5-6H2,1-4H3,(H,22,24). The molecular formula is C20H25BrN2O3S. The Labute approximate surface area is 170 Å². The molecule has 0 saturated carbocycles. The number of aryl methyl sites for hydroxylation is 1. The lowest BCUT2D eigenvalue weighted by Crippen LogP contribution is -2.31. The minimum absolute atomic E-state index is 0.136. The van der Waals surface area contributed by atoms with Gasteiger partial charge in [-0.05, 0) is 49.2 Å². The van der Waals surface area contributed by atoms with Crippen LogP contribution in [0.4, 0.5) is 0 Å². The van der Waals surface area contributed by atoms with E-state index in [4.69, 9.17) is 0 Å².